The standard InChI is InChI=1S/C10H17N3/c1-7(2)10-9-6-11-4-5-13(9)8(3)12-10/h7,11H,4-6H2,1-3H3. The summed E-state index contributed by atoms with van der Waals surface area (Å²) in [6.07, 6.45) is 0. The van der Waals surface area contributed by atoms with Crippen LogP contribution in [0.15, 0.2) is 0 Å². The summed E-state index contributed by atoms with van der Waals surface area (Å²) in [7, 11) is 0. The molecular formula is C10H17N3. The van der Waals surface area contributed by atoms with Crippen molar-refractivity contribution in [2.24, 2.45) is 0 Å². The van der Waals surface area contributed by atoms with Crippen molar-refractivity contribution in [1.82, 2.24) is 14.9 Å². The number of rotatable bonds is 1. The molecule has 0 bridgehead atoms. The van der Waals surface area contributed by atoms with Crippen LogP contribution < -0.4 is 5.32 Å². The van der Waals surface area contributed by atoms with E-state index in [1.54, 1.807) is 0 Å². The highest BCUT2D eigenvalue weighted by Crippen LogP contribution is 2.21. The third kappa shape index (κ3) is 1.37. The van der Waals surface area contributed by atoms with Crippen molar-refractivity contribution in [2.45, 2.75) is 39.8 Å². The molecule has 0 spiro atoms. The molecule has 3 heteroatoms. The number of hydrogen-bond acceptors (Lipinski definition) is 2. The molecule has 0 aliphatic carbocycles. The van der Waals surface area contributed by atoms with E-state index in [0.29, 0.717) is 5.92 Å². The zero-order chi connectivity index (χ0) is 9.42. The minimum Gasteiger partial charge on any atom is -0.330 e. The van der Waals surface area contributed by atoms with Gasteiger partial charge in [0.15, 0.2) is 0 Å². The van der Waals surface area contributed by atoms with Crippen LogP contribution in [0.5, 0.6) is 0 Å². The van der Waals surface area contributed by atoms with Crippen LogP contribution in [-0.4, -0.2) is 16.1 Å². The zero-order valence-corrected chi connectivity index (χ0v) is 8.59. The van der Waals surface area contributed by atoms with Gasteiger partial charge in [-0.1, -0.05) is 13.8 Å². The molecule has 1 aromatic heterocycles. The molecule has 0 unspecified atom stereocenters. The van der Waals surface area contributed by atoms with Crippen LogP contribution in [0.25, 0.3) is 0 Å². The Morgan fingerprint density at radius 1 is 1.46 bits per heavy atom. The molecule has 2 heterocycles. The summed E-state index contributed by atoms with van der Waals surface area (Å²) in [4.78, 5) is 4.61. The first-order valence-electron chi connectivity index (χ1n) is 4.96. The van der Waals surface area contributed by atoms with Gasteiger partial charge in [-0.3, -0.25) is 0 Å². The van der Waals surface area contributed by atoms with Crippen molar-refractivity contribution in [3.05, 3.63) is 17.2 Å². The van der Waals surface area contributed by atoms with E-state index in [1.165, 1.54) is 17.2 Å². The van der Waals surface area contributed by atoms with Gasteiger partial charge >= 0.3 is 0 Å². The molecule has 0 amide bonds. The third-order valence-electron chi connectivity index (χ3n) is 2.65. The first-order chi connectivity index (χ1) is 6.20. The molecule has 0 radical (unpaired) electrons. The van der Waals surface area contributed by atoms with E-state index in [2.05, 4.69) is 35.6 Å². The number of hydrogen-bond donors (Lipinski definition) is 1. The summed E-state index contributed by atoms with van der Waals surface area (Å²) in [6.45, 7) is 9.63. The Morgan fingerprint density at radius 3 is 2.92 bits per heavy atom. The molecule has 3 nitrogen and oxygen atoms in total. The van der Waals surface area contributed by atoms with E-state index in [-0.39, 0.29) is 0 Å². The Kier molecular flexibility index (Phi) is 2.12. The fraction of sp³-hybridized carbons (Fsp3) is 0.700. The summed E-state index contributed by atoms with van der Waals surface area (Å²) < 4.78 is 2.34. The zero-order valence-electron chi connectivity index (χ0n) is 8.59. The summed E-state index contributed by atoms with van der Waals surface area (Å²) >= 11 is 0. The number of aromatic nitrogens is 2. The fourth-order valence-electron chi connectivity index (χ4n) is 1.98. The number of nitrogens with one attached hydrogen (secondary N) is 1. The van der Waals surface area contributed by atoms with Crippen molar-refractivity contribution >= 4 is 0 Å². The van der Waals surface area contributed by atoms with Crippen molar-refractivity contribution in [3.8, 4) is 0 Å². The summed E-state index contributed by atoms with van der Waals surface area (Å²) in [5.74, 6) is 1.70. The highest BCUT2D eigenvalue weighted by molar-refractivity contribution is 5.21. The maximum Gasteiger partial charge on any atom is 0.106 e. The molecule has 1 aliphatic heterocycles. The molecular weight excluding hydrogens is 162 g/mol. The van der Waals surface area contributed by atoms with Crippen molar-refractivity contribution < 1.29 is 0 Å². The SMILES string of the molecule is Cc1nc(C(C)C)c2n1CCNC2. The summed E-state index contributed by atoms with van der Waals surface area (Å²) in [5, 5.41) is 3.39. The number of nitrogens with zero attached hydrogens (tertiary/aromatic N) is 2. The van der Waals surface area contributed by atoms with E-state index >= 15 is 0 Å². The molecule has 1 N–H and O–H groups in total. The average Bonchev–Trinajstić information content (AvgIpc) is 2.45. The second kappa shape index (κ2) is 3.14. The molecule has 1 aliphatic rings. The highest BCUT2D eigenvalue weighted by atomic mass is 15.1. The van der Waals surface area contributed by atoms with Crippen LogP contribution in [0.4, 0.5) is 0 Å². The molecule has 0 saturated heterocycles. The van der Waals surface area contributed by atoms with Crippen LogP contribution in [0, 0.1) is 6.92 Å². The van der Waals surface area contributed by atoms with Crippen LogP contribution in [0.2, 0.25) is 0 Å². The van der Waals surface area contributed by atoms with Gasteiger partial charge in [0.05, 0.1) is 11.4 Å². The minimum atomic E-state index is 0.537. The van der Waals surface area contributed by atoms with Gasteiger partial charge in [0, 0.05) is 19.6 Å². The van der Waals surface area contributed by atoms with Gasteiger partial charge in [0.1, 0.15) is 5.82 Å². The van der Waals surface area contributed by atoms with Gasteiger partial charge in [0.25, 0.3) is 0 Å². The normalized spacial score (nSPS) is 16.3. The lowest BCUT2D eigenvalue weighted by Crippen LogP contribution is -2.28. The third-order valence-corrected chi connectivity index (χ3v) is 2.65. The Bertz CT molecular complexity index is 312. The van der Waals surface area contributed by atoms with E-state index in [0.717, 1.165) is 19.6 Å². The van der Waals surface area contributed by atoms with Gasteiger partial charge < -0.3 is 9.88 Å². The Morgan fingerprint density at radius 2 is 2.23 bits per heavy atom. The fourth-order valence-corrected chi connectivity index (χ4v) is 1.98. The van der Waals surface area contributed by atoms with Crippen LogP contribution >= 0.6 is 0 Å². The Hall–Kier alpha value is -0.830. The van der Waals surface area contributed by atoms with Gasteiger partial charge in [-0.25, -0.2) is 4.98 Å². The predicted octanol–water partition coefficient (Wildman–Crippen LogP) is 1.42. The smallest absolute Gasteiger partial charge is 0.106 e. The van der Waals surface area contributed by atoms with Crippen molar-refractivity contribution in [3.63, 3.8) is 0 Å². The van der Waals surface area contributed by atoms with E-state index in [4.69, 9.17) is 0 Å². The molecule has 1 aromatic rings. The predicted molar refractivity (Wildman–Crippen MR) is 52.8 cm³/mol. The van der Waals surface area contributed by atoms with Gasteiger partial charge in [-0.2, -0.15) is 0 Å². The van der Waals surface area contributed by atoms with Crippen LogP contribution in [0.3, 0.4) is 0 Å². The highest BCUT2D eigenvalue weighted by Gasteiger charge is 2.18. The Labute approximate surface area is 79.2 Å². The maximum absolute atomic E-state index is 4.61. The summed E-state index contributed by atoms with van der Waals surface area (Å²) in [6, 6.07) is 0. The van der Waals surface area contributed by atoms with Crippen molar-refractivity contribution in [1.29, 1.82) is 0 Å². The van der Waals surface area contributed by atoms with Gasteiger partial charge in [-0.05, 0) is 12.8 Å². The number of fused-ring (bicyclic) bond motifs is 1. The summed E-state index contributed by atoms with van der Waals surface area (Å²) in [5.41, 5.74) is 2.66. The largest absolute Gasteiger partial charge is 0.330 e. The van der Waals surface area contributed by atoms with Crippen LogP contribution in [0.1, 0.15) is 37.0 Å². The van der Waals surface area contributed by atoms with Gasteiger partial charge in [-0.15, -0.1) is 0 Å². The quantitative estimate of drug-likeness (QED) is 0.706. The minimum absolute atomic E-state index is 0.537. The first-order valence-corrected chi connectivity index (χ1v) is 4.96. The molecule has 2 rings (SSSR count). The van der Waals surface area contributed by atoms with E-state index < -0.39 is 0 Å². The number of imidazole rings is 1. The average molecular weight is 179 g/mol. The first kappa shape index (κ1) is 8.75. The molecule has 0 aromatic carbocycles. The van der Waals surface area contributed by atoms with E-state index in [9.17, 15) is 0 Å². The topological polar surface area (TPSA) is 29.9 Å². The lowest BCUT2D eigenvalue weighted by molar-refractivity contribution is 0.503. The molecule has 0 fully saturated rings. The molecule has 72 valence electrons. The molecule has 13 heavy (non-hydrogen) atoms. The maximum atomic E-state index is 4.61. The number of aryl methyl sites for hydroxylation is 1. The second-order valence-corrected chi connectivity index (χ2v) is 3.97. The second-order valence-electron chi connectivity index (χ2n) is 3.97. The lowest BCUT2D eigenvalue weighted by Gasteiger charge is -2.18. The monoisotopic (exact) mass is 179 g/mol. The van der Waals surface area contributed by atoms with E-state index in [1.807, 2.05) is 0 Å². The van der Waals surface area contributed by atoms with Crippen molar-refractivity contribution in [2.75, 3.05) is 6.54 Å². The lowest BCUT2D eigenvalue weighted by atomic mass is 10.1. The Balaban J connectivity index is 2.47. The molecule has 0 saturated carbocycles. The van der Waals surface area contributed by atoms with Gasteiger partial charge in [0.2, 0.25) is 0 Å². The van der Waals surface area contributed by atoms with Crippen LogP contribution in [-0.2, 0) is 13.1 Å². The molecule has 0 atom stereocenters.